The fourth-order valence-corrected chi connectivity index (χ4v) is 4.62. The Morgan fingerprint density at radius 2 is 1.91 bits per heavy atom. The lowest BCUT2D eigenvalue weighted by Gasteiger charge is -2.39. The van der Waals surface area contributed by atoms with Crippen molar-refractivity contribution < 1.29 is 14.3 Å². The van der Waals surface area contributed by atoms with E-state index in [1.54, 1.807) is 18.2 Å². The van der Waals surface area contributed by atoms with E-state index in [1.807, 2.05) is 4.90 Å². The van der Waals surface area contributed by atoms with E-state index in [-0.39, 0.29) is 28.5 Å². The second kappa shape index (κ2) is 5.32. The van der Waals surface area contributed by atoms with Gasteiger partial charge >= 0.3 is 5.97 Å². The number of likely N-dealkylation sites (tertiary alicyclic amines) is 1. The van der Waals surface area contributed by atoms with Gasteiger partial charge in [-0.05, 0) is 42.2 Å². The number of pyridine rings is 1. The van der Waals surface area contributed by atoms with Gasteiger partial charge in [-0.1, -0.05) is 26.8 Å². The molecule has 2 unspecified atom stereocenters. The summed E-state index contributed by atoms with van der Waals surface area (Å²) in [5.41, 5.74) is 0.935. The standard InChI is InChI=1S/C18H24N2O3/c1-17(2)8-12-9-18(3,10-17)11-20(12)15(21)13-6-5-7-14(19-13)16(22)23-4/h5-7,12H,8-11H2,1-4H3. The molecule has 2 aliphatic rings. The van der Waals surface area contributed by atoms with Gasteiger partial charge in [0.1, 0.15) is 11.4 Å². The third-order valence-corrected chi connectivity index (χ3v) is 5.04. The van der Waals surface area contributed by atoms with Gasteiger partial charge in [-0.25, -0.2) is 9.78 Å². The van der Waals surface area contributed by atoms with Crippen LogP contribution in [0.25, 0.3) is 0 Å². The van der Waals surface area contributed by atoms with Crippen LogP contribution in [0, 0.1) is 10.8 Å². The molecule has 0 spiro atoms. The number of methoxy groups -OCH3 is 1. The minimum atomic E-state index is -0.520. The van der Waals surface area contributed by atoms with Crippen molar-refractivity contribution in [2.24, 2.45) is 10.8 Å². The van der Waals surface area contributed by atoms with E-state index in [4.69, 9.17) is 0 Å². The van der Waals surface area contributed by atoms with Crippen LogP contribution in [-0.2, 0) is 4.74 Å². The first-order valence-electron chi connectivity index (χ1n) is 8.09. The highest BCUT2D eigenvalue weighted by molar-refractivity contribution is 5.95. The molecule has 2 atom stereocenters. The monoisotopic (exact) mass is 316 g/mol. The molecule has 1 aliphatic heterocycles. The summed E-state index contributed by atoms with van der Waals surface area (Å²) in [6, 6.07) is 5.18. The predicted octanol–water partition coefficient (Wildman–Crippen LogP) is 2.91. The van der Waals surface area contributed by atoms with Gasteiger partial charge in [0.15, 0.2) is 0 Å². The second-order valence-electron chi connectivity index (χ2n) is 8.05. The minimum absolute atomic E-state index is 0.0813. The molecule has 3 rings (SSSR count). The Balaban J connectivity index is 1.86. The molecule has 23 heavy (non-hydrogen) atoms. The van der Waals surface area contributed by atoms with Crippen molar-refractivity contribution in [1.82, 2.24) is 9.88 Å². The van der Waals surface area contributed by atoms with E-state index >= 15 is 0 Å². The van der Waals surface area contributed by atoms with Crippen molar-refractivity contribution in [3.05, 3.63) is 29.6 Å². The van der Waals surface area contributed by atoms with Crippen LogP contribution in [0.3, 0.4) is 0 Å². The number of amides is 1. The van der Waals surface area contributed by atoms with Crippen LogP contribution in [-0.4, -0.2) is 41.5 Å². The topological polar surface area (TPSA) is 59.5 Å². The molecule has 1 aromatic rings. The number of carbonyl (C=O) groups excluding carboxylic acids is 2. The molecule has 1 aromatic heterocycles. The molecule has 2 fully saturated rings. The summed E-state index contributed by atoms with van der Waals surface area (Å²) in [4.78, 5) is 30.7. The maximum absolute atomic E-state index is 12.9. The number of aromatic nitrogens is 1. The van der Waals surface area contributed by atoms with Gasteiger partial charge in [0, 0.05) is 12.6 Å². The summed E-state index contributed by atoms with van der Waals surface area (Å²) < 4.78 is 4.68. The summed E-state index contributed by atoms with van der Waals surface area (Å²) in [5, 5.41) is 0. The average molecular weight is 316 g/mol. The van der Waals surface area contributed by atoms with Gasteiger partial charge in [-0.15, -0.1) is 0 Å². The summed E-state index contributed by atoms with van der Waals surface area (Å²) >= 11 is 0. The molecule has 1 saturated heterocycles. The Morgan fingerprint density at radius 3 is 2.61 bits per heavy atom. The first kappa shape index (κ1) is 16.0. The van der Waals surface area contributed by atoms with Gasteiger partial charge in [-0.3, -0.25) is 4.79 Å². The Bertz CT molecular complexity index is 655. The largest absolute Gasteiger partial charge is 0.464 e. The summed E-state index contributed by atoms with van der Waals surface area (Å²) in [5.74, 6) is -0.602. The van der Waals surface area contributed by atoms with Gasteiger partial charge in [-0.2, -0.15) is 0 Å². The molecule has 1 aliphatic carbocycles. The fraction of sp³-hybridized carbons (Fsp3) is 0.611. The van der Waals surface area contributed by atoms with E-state index in [0.29, 0.717) is 5.69 Å². The van der Waals surface area contributed by atoms with Gasteiger partial charge in [0.05, 0.1) is 7.11 Å². The molecule has 124 valence electrons. The molecule has 1 saturated carbocycles. The number of hydrogen-bond acceptors (Lipinski definition) is 4. The maximum Gasteiger partial charge on any atom is 0.356 e. The van der Waals surface area contributed by atoms with E-state index in [1.165, 1.54) is 7.11 Å². The van der Waals surface area contributed by atoms with Crippen LogP contribution in [0.2, 0.25) is 0 Å². The van der Waals surface area contributed by atoms with E-state index in [2.05, 4.69) is 30.5 Å². The molecule has 1 amide bonds. The number of fused-ring (bicyclic) bond motifs is 2. The Morgan fingerprint density at radius 1 is 1.22 bits per heavy atom. The molecule has 5 nitrogen and oxygen atoms in total. The zero-order valence-electron chi connectivity index (χ0n) is 14.3. The van der Waals surface area contributed by atoms with Gasteiger partial charge in [0.25, 0.3) is 5.91 Å². The summed E-state index contributed by atoms with van der Waals surface area (Å²) in [6.07, 6.45) is 3.21. The first-order chi connectivity index (χ1) is 10.7. The highest BCUT2D eigenvalue weighted by atomic mass is 16.5. The number of carbonyl (C=O) groups is 2. The first-order valence-corrected chi connectivity index (χ1v) is 8.09. The van der Waals surface area contributed by atoms with Crippen LogP contribution in [0.1, 0.15) is 61.0 Å². The second-order valence-corrected chi connectivity index (χ2v) is 8.05. The number of rotatable bonds is 2. The van der Waals surface area contributed by atoms with Crippen LogP contribution in [0.5, 0.6) is 0 Å². The fourth-order valence-electron chi connectivity index (χ4n) is 4.62. The smallest absolute Gasteiger partial charge is 0.356 e. The minimum Gasteiger partial charge on any atom is -0.464 e. The average Bonchev–Trinajstić information content (AvgIpc) is 2.74. The number of ether oxygens (including phenoxy) is 1. The van der Waals surface area contributed by atoms with Gasteiger partial charge in [0.2, 0.25) is 0 Å². The lowest BCUT2D eigenvalue weighted by atomic mass is 9.65. The molecule has 0 N–H and O–H groups in total. The van der Waals surface area contributed by atoms with Crippen molar-refractivity contribution >= 4 is 11.9 Å². The Labute approximate surface area is 137 Å². The summed E-state index contributed by atoms with van der Waals surface area (Å²) in [6.45, 7) is 7.60. The molecule has 2 heterocycles. The van der Waals surface area contributed by atoms with Gasteiger partial charge < -0.3 is 9.64 Å². The van der Waals surface area contributed by atoms with Crippen molar-refractivity contribution in [2.45, 2.75) is 46.1 Å². The van der Waals surface area contributed by atoms with Crippen LogP contribution < -0.4 is 0 Å². The third-order valence-electron chi connectivity index (χ3n) is 5.04. The maximum atomic E-state index is 12.9. The van der Waals surface area contributed by atoms with E-state index < -0.39 is 5.97 Å². The number of hydrogen-bond donors (Lipinski definition) is 0. The molecular formula is C18H24N2O3. The number of esters is 1. The highest BCUT2D eigenvalue weighted by Crippen LogP contribution is 2.52. The molecular weight excluding hydrogens is 292 g/mol. The zero-order valence-corrected chi connectivity index (χ0v) is 14.3. The molecule has 5 heteroatoms. The van der Waals surface area contributed by atoms with Crippen LogP contribution in [0.4, 0.5) is 0 Å². The van der Waals surface area contributed by atoms with Crippen LogP contribution in [0.15, 0.2) is 18.2 Å². The summed E-state index contributed by atoms with van der Waals surface area (Å²) in [7, 11) is 1.31. The highest BCUT2D eigenvalue weighted by Gasteiger charge is 2.51. The third kappa shape index (κ3) is 2.96. The lowest BCUT2D eigenvalue weighted by Crippen LogP contribution is -2.38. The Kier molecular flexibility index (Phi) is 3.69. The molecule has 0 aromatic carbocycles. The quantitative estimate of drug-likeness (QED) is 0.787. The van der Waals surface area contributed by atoms with Crippen molar-refractivity contribution in [1.29, 1.82) is 0 Å². The molecule has 2 bridgehead atoms. The predicted molar refractivity (Wildman–Crippen MR) is 86.1 cm³/mol. The normalized spacial score (nSPS) is 28.5. The Hall–Kier alpha value is -1.91. The molecule has 0 radical (unpaired) electrons. The van der Waals surface area contributed by atoms with Crippen molar-refractivity contribution in [2.75, 3.05) is 13.7 Å². The van der Waals surface area contributed by atoms with Crippen molar-refractivity contribution in [3.8, 4) is 0 Å². The lowest BCUT2D eigenvalue weighted by molar-refractivity contribution is 0.0593. The van der Waals surface area contributed by atoms with E-state index in [0.717, 1.165) is 25.8 Å². The van der Waals surface area contributed by atoms with Crippen LogP contribution >= 0.6 is 0 Å². The zero-order chi connectivity index (χ0) is 16.8. The van der Waals surface area contributed by atoms with Crippen molar-refractivity contribution in [3.63, 3.8) is 0 Å². The van der Waals surface area contributed by atoms with E-state index in [9.17, 15) is 9.59 Å². The number of nitrogens with zero attached hydrogens (tertiary/aromatic N) is 2. The SMILES string of the molecule is COC(=O)c1cccc(C(=O)N2CC3(C)CC2CC(C)(C)C3)n1.